The van der Waals surface area contributed by atoms with Crippen LogP contribution in [0.5, 0.6) is 0 Å². The molecule has 0 radical (unpaired) electrons. The van der Waals surface area contributed by atoms with Gasteiger partial charge in [-0.1, -0.05) is 37.8 Å². The second kappa shape index (κ2) is 7.67. The number of esters is 1. The molecule has 2 aliphatic rings. The van der Waals surface area contributed by atoms with E-state index in [1.807, 2.05) is 0 Å². The molecule has 0 aliphatic heterocycles. The first-order chi connectivity index (χ1) is 12.9. The summed E-state index contributed by atoms with van der Waals surface area (Å²) in [5.41, 5.74) is -0.862. The summed E-state index contributed by atoms with van der Waals surface area (Å²) < 4.78 is 18.6. The third kappa shape index (κ3) is 3.55. The van der Waals surface area contributed by atoms with Gasteiger partial charge in [0, 0.05) is 7.05 Å². The summed E-state index contributed by atoms with van der Waals surface area (Å²) in [6.45, 7) is -0.373. The lowest BCUT2D eigenvalue weighted by Gasteiger charge is -2.41. The Morgan fingerprint density at radius 1 is 1.11 bits per heavy atom. The summed E-state index contributed by atoms with van der Waals surface area (Å²) >= 11 is 0. The van der Waals surface area contributed by atoms with Crippen molar-refractivity contribution in [3.63, 3.8) is 0 Å². The molecule has 0 bridgehead atoms. The lowest BCUT2D eigenvalue weighted by molar-refractivity contribution is -0.161. The van der Waals surface area contributed by atoms with E-state index in [0.717, 1.165) is 31.2 Å². The lowest BCUT2D eigenvalue weighted by Crippen LogP contribution is -2.52. The van der Waals surface area contributed by atoms with Crippen molar-refractivity contribution in [3.05, 3.63) is 35.6 Å². The summed E-state index contributed by atoms with van der Waals surface area (Å²) in [5, 5.41) is 9.60. The van der Waals surface area contributed by atoms with Gasteiger partial charge in [0.05, 0.1) is 11.5 Å². The van der Waals surface area contributed by atoms with Crippen molar-refractivity contribution >= 4 is 11.9 Å². The smallest absolute Gasteiger partial charge is 0.317 e. The summed E-state index contributed by atoms with van der Waals surface area (Å²) in [5.74, 6) is -1.16. The van der Waals surface area contributed by atoms with Crippen LogP contribution in [0, 0.1) is 17.1 Å². The highest BCUT2D eigenvalue weighted by Gasteiger charge is 2.47. The number of nitrogens with zero attached hydrogens (tertiary/aromatic N) is 2. The van der Waals surface area contributed by atoms with Crippen molar-refractivity contribution < 1.29 is 18.7 Å². The number of halogens is 1. The van der Waals surface area contributed by atoms with E-state index in [-0.39, 0.29) is 18.3 Å². The van der Waals surface area contributed by atoms with Crippen molar-refractivity contribution in [3.8, 4) is 6.07 Å². The molecular formula is C21H25FN2O3. The van der Waals surface area contributed by atoms with Gasteiger partial charge in [-0.15, -0.1) is 0 Å². The Morgan fingerprint density at radius 2 is 1.74 bits per heavy atom. The number of hydrogen-bond donors (Lipinski definition) is 0. The number of nitriles is 1. The second-order valence-electron chi connectivity index (χ2n) is 7.68. The highest BCUT2D eigenvalue weighted by Crippen LogP contribution is 2.44. The van der Waals surface area contributed by atoms with Crippen LogP contribution < -0.4 is 0 Å². The number of carbonyl (C=O) groups is 2. The van der Waals surface area contributed by atoms with E-state index in [0.29, 0.717) is 25.7 Å². The standard InChI is InChI=1S/C21H25FN2O3/c1-24(20(15-23)10-3-2-4-11-20)18(25)14-27-19(26)21(12-5-13-21)16-6-8-17(22)9-7-16/h6-9H,2-5,10-14H2,1H3. The Hall–Kier alpha value is -2.42. The van der Waals surface area contributed by atoms with Gasteiger partial charge in [0.15, 0.2) is 6.61 Å². The van der Waals surface area contributed by atoms with Crippen LogP contribution in [0.25, 0.3) is 0 Å². The monoisotopic (exact) mass is 372 g/mol. The molecule has 1 aromatic rings. The van der Waals surface area contributed by atoms with E-state index in [4.69, 9.17) is 4.74 Å². The fraction of sp³-hybridized carbons (Fsp3) is 0.571. The van der Waals surface area contributed by atoms with Gasteiger partial charge in [0.2, 0.25) is 0 Å². The number of ether oxygens (including phenoxy) is 1. The van der Waals surface area contributed by atoms with Gasteiger partial charge in [0.25, 0.3) is 5.91 Å². The molecule has 2 saturated carbocycles. The van der Waals surface area contributed by atoms with Crippen molar-refractivity contribution in [1.29, 1.82) is 5.26 Å². The van der Waals surface area contributed by atoms with Gasteiger partial charge in [0.1, 0.15) is 11.4 Å². The van der Waals surface area contributed by atoms with Crippen molar-refractivity contribution in [1.82, 2.24) is 4.90 Å². The second-order valence-corrected chi connectivity index (χ2v) is 7.68. The van der Waals surface area contributed by atoms with Crippen LogP contribution >= 0.6 is 0 Å². The fourth-order valence-corrected chi connectivity index (χ4v) is 4.17. The van der Waals surface area contributed by atoms with Crippen molar-refractivity contribution in [2.75, 3.05) is 13.7 Å². The molecule has 0 aromatic heterocycles. The number of amides is 1. The number of likely N-dealkylation sites (N-methyl/N-ethyl adjacent to an activating group) is 1. The van der Waals surface area contributed by atoms with E-state index in [1.165, 1.54) is 17.0 Å². The third-order valence-corrected chi connectivity index (χ3v) is 6.23. The third-order valence-electron chi connectivity index (χ3n) is 6.23. The van der Waals surface area contributed by atoms with Crippen LogP contribution in [0.4, 0.5) is 4.39 Å². The van der Waals surface area contributed by atoms with Crippen LogP contribution in [0.1, 0.15) is 56.9 Å². The summed E-state index contributed by atoms with van der Waals surface area (Å²) in [4.78, 5) is 26.8. The molecule has 2 aliphatic carbocycles. The topological polar surface area (TPSA) is 70.4 Å². The molecule has 27 heavy (non-hydrogen) atoms. The Labute approximate surface area is 159 Å². The van der Waals surface area contributed by atoms with E-state index in [9.17, 15) is 19.2 Å². The van der Waals surface area contributed by atoms with Crippen molar-refractivity contribution in [2.45, 2.75) is 62.3 Å². The van der Waals surface area contributed by atoms with Gasteiger partial charge in [-0.3, -0.25) is 9.59 Å². The largest absolute Gasteiger partial charge is 0.455 e. The highest BCUT2D eigenvalue weighted by atomic mass is 19.1. The lowest BCUT2D eigenvalue weighted by atomic mass is 9.64. The van der Waals surface area contributed by atoms with Gasteiger partial charge < -0.3 is 9.64 Å². The molecule has 3 rings (SSSR count). The van der Waals surface area contributed by atoms with Crippen LogP contribution in [-0.2, 0) is 19.7 Å². The zero-order valence-corrected chi connectivity index (χ0v) is 15.7. The van der Waals surface area contributed by atoms with Crippen LogP contribution in [0.2, 0.25) is 0 Å². The molecule has 144 valence electrons. The quantitative estimate of drug-likeness (QED) is 0.742. The van der Waals surface area contributed by atoms with Crippen LogP contribution in [0.3, 0.4) is 0 Å². The van der Waals surface area contributed by atoms with Gasteiger partial charge >= 0.3 is 5.97 Å². The van der Waals surface area contributed by atoms with Gasteiger partial charge in [-0.05, 0) is 43.4 Å². The summed E-state index contributed by atoms with van der Waals surface area (Å²) in [6.07, 6.45) is 6.35. The SMILES string of the molecule is CN(C(=O)COC(=O)C1(c2ccc(F)cc2)CCC1)C1(C#N)CCCCC1. The van der Waals surface area contributed by atoms with Gasteiger partial charge in [-0.25, -0.2) is 4.39 Å². The first-order valence-electron chi connectivity index (χ1n) is 9.55. The zero-order valence-electron chi connectivity index (χ0n) is 15.7. The predicted octanol–water partition coefficient (Wildman–Crippen LogP) is 3.48. The molecule has 0 N–H and O–H groups in total. The maximum absolute atomic E-state index is 13.2. The summed E-state index contributed by atoms with van der Waals surface area (Å²) in [7, 11) is 1.61. The molecule has 1 aromatic carbocycles. The normalized spacial score (nSPS) is 20.0. The first kappa shape index (κ1) is 19.3. The maximum Gasteiger partial charge on any atom is 0.317 e. The average Bonchev–Trinajstić information content (AvgIpc) is 2.66. The van der Waals surface area contributed by atoms with Gasteiger partial charge in [-0.2, -0.15) is 5.26 Å². The Morgan fingerprint density at radius 3 is 2.26 bits per heavy atom. The minimum absolute atomic E-state index is 0.354. The molecule has 1 amide bonds. The molecular weight excluding hydrogens is 347 g/mol. The Balaban J connectivity index is 1.65. The van der Waals surface area contributed by atoms with E-state index >= 15 is 0 Å². The molecule has 0 atom stereocenters. The highest BCUT2D eigenvalue weighted by molar-refractivity contribution is 5.87. The number of hydrogen-bond acceptors (Lipinski definition) is 4. The molecule has 0 heterocycles. The molecule has 2 fully saturated rings. The molecule has 5 nitrogen and oxygen atoms in total. The summed E-state index contributed by atoms with van der Waals surface area (Å²) in [6, 6.07) is 8.18. The van der Waals surface area contributed by atoms with Crippen LogP contribution in [0.15, 0.2) is 24.3 Å². The maximum atomic E-state index is 13.2. The predicted molar refractivity (Wildman–Crippen MR) is 97.1 cm³/mol. The molecule has 0 saturated heterocycles. The molecule has 0 spiro atoms. The Kier molecular flexibility index (Phi) is 5.50. The molecule has 0 unspecified atom stereocenters. The van der Waals surface area contributed by atoms with Crippen LogP contribution in [-0.4, -0.2) is 36.0 Å². The van der Waals surface area contributed by atoms with Crippen molar-refractivity contribution in [2.24, 2.45) is 0 Å². The number of carbonyl (C=O) groups excluding carboxylic acids is 2. The van der Waals surface area contributed by atoms with E-state index in [2.05, 4.69) is 6.07 Å². The molecule has 6 heteroatoms. The Bertz CT molecular complexity index is 744. The average molecular weight is 372 g/mol. The van der Waals surface area contributed by atoms with E-state index in [1.54, 1.807) is 19.2 Å². The zero-order chi connectivity index (χ0) is 19.5. The minimum atomic E-state index is -0.799. The first-order valence-corrected chi connectivity index (χ1v) is 9.55. The fourth-order valence-electron chi connectivity index (χ4n) is 4.17. The minimum Gasteiger partial charge on any atom is -0.455 e. The number of rotatable bonds is 5. The number of benzene rings is 1. The van der Waals surface area contributed by atoms with E-state index < -0.39 is 16.9 Å².